The maximum absolute atomic E-state index is 11.7. The molecule has 0 spiro atoms. The Labute approximate surface area is 130 Å². The number of hydrogen-bond acceptors (Lipinski definition) is 8. The monoisotopic (exact) mass is 336 g/mol. The second-order valence-electron chi connectivity index (χ2n) is 4.39. The SMILES string of the molecule is NC(CO)C(=O)NC(CO)C(=O)NCC(=O)NC(CO)C(=O)O. The van der Waals surface area contributed by atoms with Gasteiger partial charge in [0.2, 0.25) is 17.7 Å². The lowest BCUT2D eigenvalue weighted by atomic mass is 10.2. The predicted molar refractivity (Wildman–Crippen MR) is 73.7 cm³/mol. The van der Waals surface area contributed by atoms with Crippen LogP contribution in [0.4, 0.5) is 0 Å². The molecule has 12 heteroatoms. The Balaban J connectivity index is 4.41. The number of carboxylic acids is 1. The molecule has 0 aliphatic carbocycles. The molecular formula is C11H20N4O8. The second kappa shape index (κ2) is 10.4. The molecule has 9 N–H and O–H groups in total. The van der Waals surface area contributed by atoms with E-state index in [0.29, 0.717) is 0 Å². The standard InChI is InChI=1S/C11H20N4O8/c12-5(2-16)9(20)15-6(3-17)10(21)13-1-8(19)14-7(4-18)11(22)23/h5-7,16-18H,1-4,12H2,(H,13,21)(H,14,19)(H,15,20)(H,22,23). The van der Waals surface area contributed by atoms with Crippen LogP contribution in [0.15, 0.2) is 0 Å². The number of aliphatic hydroxyl groups excluding tert-OH is 3. The van der Waals surface area contributed by atoms with Gasteiger partial charge in [0.1, 0.15) is 18.1 Å². The van der Waals surface area contributed by atoms with Gasteiger partial charge in [-0.3, -0.25) is 14.4 Å². The van der Waals surface area contributed by atoms with Gasteiger partial charge in [-0.2, -0.15) is 0 Å². The van der Waals surface area contributed by atoms with Gasteiger partial charge in [-0.25, -0.2) is 4.79 Å². The molecule has 12 nitrogen and oxygen atoms in total. The molecule has 0 aromatic rings. The van der Waals surface area contributed by atoms with Gasteiger partial charge in [-0.1, -0.05) is 0 Å². The molecule has 0 aromatic carbocycles. The van der Waals surface area contributed by atoms with Crippen molar-refractivity contribution in [2.45, 2.75) is 18.1 Å². The topological polar surface area (TPSA) is 211 Å². The maximum atomic E-state index is 11.7. The average molecular weight is 336 g/mol. The quantitative estimate of drug-likeness (QED) is 0.191. The molecule has 3 amide bonds. The summed E-state index contributed by atoms with van der Waals surface area (Å²) in [5, 5.41) is 41.1. The molecule has 3 atom stereocenters. The van der Waals surface area contributed by atoms with E-state index < -0.39 is 68.2 Å². The molecule has 0 aliphatic rings. The van der Waals surface area contributed by atoms with Crippen molar-refractivity contribution in [2.75, 3.05) is 26.4 Å². The Morgan fingerprint density at radius 2 is 1.43 bits per heavy atom. The lowest BCUT2D eigenvalue weighted by Gasteiger charge is -2.18. The number of carbonyl (C=O) groups excluding carboxylic acids is 3. The van der Waals surface area contributed by atoms with Gasteiger partial charge in [-0.15, -0.1) is 0 Å². The zero-order chi connectivity index (χ0) is 18.0. The third kappa shape index (κ3) is 7.51. The highest BCUT2D eigenvalue weighted by Gasteiger charge is 2.24. The van der Waals surface area contributed by atoms with Gasteiger partial charge in [0.25, 0.3) is 0 Å². The summed E-state index contributed by atoms with van der Waals surface area (Å²) in [6.45, 7) is -2.91. The zero-order valence-corrected chi connectivity index (χ0v) is 12.1. The first-order valence-corrected chi connectivity index (χ1v) is 6.45. The Morgan fingerprint density at radius 3 is 1.87 bits per heavy atom. The van der Waals surface area contributed by atoms with Crippen molar-refractivity contribution in [3.8, 4) is 0 Å². The Kier molecular flexibility index (Phi) is 9.41. The molecule has 132 valence electrons. The van der Waals surface area contributed by atoms with Crippen molar-refractivity contribution in [3.05, 3.63) is 0 Å². The van der Waals surface area contributed by atoms with Crippen LogP contribution in [0.1, 0.15) is 0 Å². The smallest absolute Gasteiger partial charge is 0.328 e. The van der Waals surface area contributed by atoms with Gasteiger partial charge < -0.3 is 42.1 Å². The van der Waals surface area contributed by atoms with Crippen molar-refractivity contribution in [2.24, 2.45) is 5.73 Å². The minimum atomic E-state index is -1.52. The number of amides is 3. The second-order valence-corrected chi connectivity index (χ2v) is 4.39. The van der Waals surface area contributed by atoms with E-state index in [2.05, 4.69) is 10.6 Å². The van der Waals surface area contributed by atoms with Crippen molar-refractivity contribution in [1.29, 1.82) is 0 Å². The van der Waals surface area contributed by atoms with Crippen molar-refractivity contribution < 1.29 is 39.6 Å². The highest BCUT2D eigenvalue weighted by atomic mass is 16.4. The summed E-state index contributed by atoms with van der Waals surface area (Å²) >= 11 is 0. The highest BCUT2D eigenvalue weighted by Crippen LogP contribution is 1.87. The van der Waals surface area contributed by atoms with Gasteiger partial charge in [0.05, 0.1) is 26.4 Å². The third-order valence-electron chi connectivity index (χ3n) is 2.59. The number of aliphatic hydroxyl groups is 3. The molecule has 0 heterocycles. The minimum Gasteiger partial charge on any atom is -0.480 e. The van der Waals surface area contributed by atoms with E-state index >= 15 is 0 Å². The van der Waals surface area contributed by atoms with Crippen LogP contribution in [-0.4, -0.2) is 88.6 Å². The van der Waals surface area contributed by atoms with Gasteiger partial charge in [0.15, 0.2) is 0 Å². The molecule has 0 aromatic heterocycles. The zero-order valence-electron chi connectivity index (χ0n) is 12.1. The number of aliphatic carboxylic acids is 1. The largest absolute Gasteiger partial charge is 0.480 e. The van der Waals surface area contributed by atoms with Crippen LogP contribution in [0.5, 0.6) is 0 Å². The van der Waals surface area contributed by atoms with Gasteiger partial charge in [-0.05, 0) is 0 Å². The number of carboxylic acid groups (broad SMARTS) is 1. The molecule has 23 heavy (non-hydrogen) atoms. The number of carbonyl (C=O) groups is 4. The molecule has 3 unspecified atom stereocenters. The van der Waals surface area contributed by atoms with Crippen LogP contribution in [0.2, 0.25) is 0 Å². The first kappa shape index (κ1) is 20.7. The Bertz CT molecular complexity index is 444. The van der Waals surface area contributed by atoms with Crippen LogP contribution in [0, 0.1) is 0 Å². The summed E-state index contributed by atoms with van der Waals surface area (Å²) in [6, 6.07) is -4.20. The van der Waals surface area contributed by atoms with Gasteiger partial charge in [0, 0.05) is 0 Å². The normalized spacial score (nSPS) is 14.3. The average Bonchev–Trinajstić information content (AvgIpc) is 2.53. The highest BCUT2D eigenvalue weighted by molar-refractivity contribution is 5.92. The predicted octanol–water partition coefficient (Wildman–Crippen LogP) is -5.54. The number of rotatable bonds is 10. The van der Waals surface area contributed by atoms with Crippen LogP contribution < -0.4 is 21.7 Å². The fourth-order valence-corrected chi connectivity index (χ4v) is 1.28. The third-order valence-corrected chi connectivity index (χ3v) is 2.59. The summed E-state index contributed by atoms with van der Waals surface area (Å²) in [6.07, 6.45) is 0. The van der Waals surface area contributed by atoms with E-state index in [-0.39, 0.29) is 0 Å². The maximum Gasteiger partial charge on any atom is 0.328 e. The summed E-state index contributed by atoms with van der Waals surface area (Å²) in [7, 11) is 0. The molecule has 0 saturated heterocycles. The summed E-state index contributed by atoms with van der Waals surface area (Å²) in [4.78, 5) is 45.1. The van der Waals surface area contributed by atoms with Crippen LogP contribution in [-0.2, 0) is 19.2 Å². The van der Waals surface area contributed by atoms with Gasteiger partial charge >= 0.3 is 5.97 Å². The molecule has 0 bridgehead atoms. The Morgan fingerprint density at radius 1 is 0.870 bits per heavy atom. The molecule has 0 fully saturated rings. The Hall–Kier alpha value is -2.28. The number of nitrogens with one attached hydrogen (secondary N) is 3. The summed E-state index contributed by atoms with van der Waals surface area (Å²) in [5.41, 5.74) is 5.22. The van der Waals surface area contributed by atoms with E-state index in [9.17, 15) is 19.2 Å². The number of hydrogen-bond donors (Lipinski definition) is 8. The lowest BCUT2D eigenvalue weighted by molar-refractivity contribution is -0.142. The molecular weight excluding hydrogens is 316 g/mol. The molecule has 0 radical (unpaired) electrons. The fraction of sp³-hybridized carbons (Fsp3) is 0.636. The summed E-state index contributed by atoms with van der Waals surface area (Å²) < 4.78 is 0. The first-order valence-electron chi connectivity index (χ1n) is 6.45. The first-order chi connectivity index (χ1) is 10.8. The lowest BCUT2D eigenvalue weighted by Crippen LogP contribution is -2.55. The van der Waals surface area contributed by atoms with E-state index in [0.717, 1.165) is 0 Å². The van der Waals surface area contributed by atoms with E-state index in [1.54, 1.807) is 0 Å². The van der Waals surface area contributed by atoms with Crippen LogP contribution in [0.3, 0.4) is 0 Å². The van der Waals surface area contributed by atoms with Crippen molar-refractivity contribution in [3.63, 3.8) is 0 Å². The summed E-state index contributed by atoms with van der Waals surface area (Å²) in [5.74, 6) is -4.14. The van der Waals surface area contributed by atoms with Crippen molar-refractivity contribution >= 4 is 23.7 Å². The van der Waals surface area contributed by atoms with E-state index in [1.165, 1.54) is 0 Å². The molecule has 0 rings (SSSR count). The van der Waals surface area contributed by atoms with E-state index in [4.69, 9.17) is 26.2 Å². The van der Waals surface area contributed by atoms with Crippen LogP contribution in [0.25, 0.3) is 0 Å². The van der Waals surface area contributed by atoms with Crippen molar-refractivity contribution in [1.82, 2.24) is 16.0 Å². The molecule has 0 aliphatic heterocycles. The number of nitrogens with two attached hydrogens (primary N) is 1. The van der Waals surface area contributed by atoms with Crippen LogP contribution >= 0.6 is 0 Å². The fourth-order valence-electron chi connectivity index (χ4n) is 1.28. The minimum absolute atomic E-state index is 0.638. The molecule has 0 saturated carbocycles. The van der Waals surface area contributed by atoms with E-state index in [1.807, 2.05) is 5.32 Å².